The van der Waals surface area contributed by atoms with Crippen LogP contribution in [0.15, 0.2) is 12.3 Å². The summed E-state index contributed by atoms with van der Waals surface area (Å²) in [5.74, 6) is 0.881. The smallest absolute Gasteiger partial charge is 0.249 e. The molecule has 86 valence electrons. The molecule has 1 N–H and O–H groups in total. The summed E-state index contributed by atoms with van der Waals surface area (Å²) < 4.78 is 0. The number of rotatable bonds is 1. The van der Waals surface area contributed by atoms with E-state index in [1.165, 1.54) is 0 Å². The average Bonchev–Trinajstić information content (AvgIpc) is 2.20. The molecular weight excluding hydrogens is 202 g/mol. The van der Waals surface area contributed by atoms with Gasteiger partial charge in [-0.05, 0) is 39.3 Å². The number of nitrogens with one attached hydrogen (secondary N) is 1. The van der Waals surface area contributed by atoms with Gasteiger partial charge in [0.2, 0.25) is 5.91 Å². The van der Waals surface area contributed by atoms with Crippen LogP contribution in [0, 0.1) is 6.92 Å². The van der Waals surface area contributed by atoms with Crippen molar-refractivity contribution in [2.45, 2.75) is 33.2 Å². The molecule has 4 heteroatoms. The second-order valence-electron chi connectivity index (χ2n) is 4.64. The molecule has 1 aliphatic heterocycles. The first-order valence-electron chi connectivity index (χ1n) is 5.52. The maximum atomic E-state index is 12.0. The van der Waals surface area contributed by atoms with E-state index < -0.39 is 5.54 Å². The standard InChI is InChI=1S/C12H17N3O/c1-5-15-10-9(6-8(2)7-13-10)14-11(16)12(15,3)4/h6-7H,5H2,1-4H3,(H,14,16). The minimum atomic E-state index is -0.538. The Bertz CT molecular complexity index is 440. The Morgan fingerprint density at radius 2 is 2.19 bits per heavy atom. The van der Waals surface area contributed by atoms with E-state index in [0.717, 1.165) is 23.6 Å². The van der Waals surface area contributed by atoms with Crippen molar-refractivity contribution < 1.29 is 4.79 Å². The largest absolute Gasteiger partial charge is 0.341 e. The maximum absolute atomic E-state index is 12.0. The third kappa shape index (κ3) is 1.45. The average molecular weight is 219 g/mol. The van der Waals surface area contributed by atoms with Crippen molar-refractivity contribution in [3.8, 4) is 0 Å². The SMILES string of the molecule is CCN1c2ncc(C)cc2NC(=O)C1(C)C. The Balaban J connectivity index is 2.56. The van der Waals surface area contributed by atoms with Gasteiger partial charge in [-0.15, -0.1) is 0 Å². The van der Waals surface area contributed by atoms with Crippen LogP contribution in [0.25, 0.3) is 0 Å². The fraction of sp³-hybridized carbons (Fsp3) is 0.500. The van der Waals surface area contributed by atoms with Gasteiger partial charge in [-0.25, -0.2) is 4.98 Å². The second-order valence-corrected chi connectivity index (χ2v) is 4.64. The van der Waals surface area contributed by atoms with Gasteiger partial charge in [0.25, 0.3) is 0 Å². The third-order valence-corrected chi connectivity index (χ3v) is 3.05. The van der Waals surface area contributed by atoms with Crippen LogP contribution in [-0.4, -0.2) is 23.0 Å². The molecule has 0 saturated carbocycles. The Labute approximate surface area is 95.7 Å². The summed E-state index contributed by atoms with van der Waals surface area (Å²) in [6, 6.07) is 1.96. The fourth-order valence-corrected chi connectivity index (χ4v) is 2.08. The van der Waals surface area contributed by atoms with Gasteiger partial charge < -0.3 is 10.2 Å². The van der Waals surface area contributed by atoms with E-state index in [1.54, 1.807) is 0 Å². The number of aryl methyl sites for hydroxylation is 1. The normalized spacial score (nSPS) is 18.0. The molecule has 0 atom stereocenters. The van der Waals surface area contributed by atoms with Gasteiger partial charge in [-0.2, -0.15) is 0 Å². The Morgan fingerprint density at radius 1 is 1.50 bits per heavy atom. The highest BCUT2D eigenvalue weighted by atomic mass is 16.2. The first kappa shape index (κ1) is 10.9. The molecule has 0 spiro atoms. The summed E-state index contributed by atoms with van der Waals surface area (Å²) in [7, 11) is 0. The maximum Gasteiger partial charge on any atom is 0.249 e. The van der Waals surface area contributed by atoms with Crippen molar-refractivity contribution in [3.05, 3.63) is 17.8 Å². The lowest BCUT2D eigenvalue weighted by atomic mass is 9.98. The third-order valence-electron chi connectivity index (χ3n) is 3.05. The number of nitrogens with zero attached hydrogens (tertiary/aromatic N) is 2. The van der Waals surface area contributed by atoms with Crippen LogP contribution in [0.3, 0.4) is 0 Å². The fourth-order valence-electron chi connectivity index (χ4n) is 2.08. The zero-order valence-corrected chi connectivity index (χ0v) is 10.2. The molecule has 1 aromatic rings. The molecule has 0 bridgehead atoms. The number of pyridine rings is 1. The minimum absolute atomic E-state index is 0.0225. The lowest BCUT2D eigenvalue weighted by molar-refractivity contribution is -0.120. The molecule has 4 nitrogen and oxygen atoms in total. The predicted octanol–water partition coefficient (Wildman–Crippen LogP) is 1.95. The molecule has 1 aliphatic rings. The van der Waals surface area contributed by atoms with E-state index in [2.05, 4.69) is 10.3 Å². The highest BCUT2D eigenvalue weighted by molar-refractivity contribution is 6.05. The Hall–Kier alpha value is -1.58. The van der Waals surface area contributed by atoms with Crippen molar-refractivity contribution in [2.75, 3.05) is 16.8 Å². The van der Waals surface area contributed by atoms with Crippen molar-refractivity contribution in [3.63, 3.8) is 0 Å². The lowest BCUT2D eigenvalue weighted by Crippen LogP contribution is -2.56. The highest BCUT2D eigenvalue weighted by Crippen LogP contribution is 2.34. The zero-order valence-electron chi connectivity index (χ0n) is 10.2. The molecule has 0 aliphatic carbocycles. The van der Waals surface area contributed by atoms with Gasteiger partial charge in [0, 0.05) is 12.7 Å². The molecule has 0 radical (unpaired) electrons. The van der Waals surface area contributed by atoms with Crippen LogP contribution in [0.4, 0.5) is 11.5 Å². The number of anilines is 2. The van der Waals surface area contributed by atoms with Gasteiger partial charge in [0.05, 0.1) is 5.69 Å². The number of carbonyl (C=O) groups is 1. The van der Waals surface area contributed by atoms with E-state index in [0.29, 0.717) is 0 Å². The van der Waals surface area contributed by atoms with Crippen LogP contribution >= 0.6 is 0 Å². The van der Waals surface area contributed by atoms with Gasteiger partial charge in [-0.1, -0.05) is 0 Å². The molecule has 1 amide bonds. The summed E-state index contributed by atoms with van der Waals surface area (Å²) in [5, 5.41) is 2.91. The Kier molecular flexibility index (Phi) is 2.37. The number of hydrogen-bond acceptors (Lipinski definition) is 3. The monoisotopic (exact) mass is 219 g/mol. The number of amides is 1. The summed E-state index contributed by atoms with van der Waals surface area (Å²) in [6.07, 6.45) is 1.83. The van der Waals surface area contributed by atoms with Crippen molar-refractivity contribution in [1.82, 2.24) is 4.98 Å². The van der Waals surface area contributed by atoms with Gasteiger partial charge >= 0.3 is 0 Å². The number of hydrogen-bond donors (Lipinski definition) is 1. The van der Waals surface area contributed by atoms with Gasteiger partial charge in [-0.3, -0.25) is 4.79 Å². The van der Waals surface area contributed by atoms with E-state index in [9.17, 15) is 4.79 Å². The first-order valence-corrected chi connectivity index (χ1v) is 5.52. The Morgan fingerprint density at radius 3 is 2.81 bits per heavy atom. The lowest BCUT2D eigenvalue weighted by Gasteiger charge is -2.42. The second kappa shape index (κ2) is 3.47. The van der Waals surface area contributed by atoms with E-state index in [-0.39, 0.29) is 5.91 Å². The van der Waals surface area contributed by atoms with Gasteiger partial charge in [0.15, 0.2) is 5.82 Å². The summed E-state index contributed by atoms with van der Waals surface area (Å²) in [5.41, 5.74) is 1.32. The van der Waals surface area contributed by atoms with Crippen molar-refractivity contribution >= 4 is 17.4 Å². The number of aromatic nitrogens is 1. The first-order chi connectivity index (χ1) is 7.46. The molecule has 1 aromatic heterocycles. The molecule has 16 heavy (non-hydrogen) atoms. The molecule has 0 aromatic carbocycles. The molecular formula is C12H17N3O. The topological polar surface area (TPSA) is 45.2 Å². The van der Waals surface area contributed by atoms with E-state index in [4.69, 9.17) is 0 Å². The molecule has 0 fully saturated rings. The van der Waals surface area contributed by atoms with E-state index >= 15 is 0 Å². The van der Waals surface area contributed by atoms with Crippen LogP contribution in [0.1, 0.15) is 26.3 Å². The van der Waals surface area contributed by atoms with Crippen LogP contribution < -0.4 is 10.2 Å². The summed E-state index contributed by atoms with van der Waals surface area (Å²) >= 11 is 0. The highest BCUT2D eigenvalue weighted by Gasteiger charge is 2.39. The number of carbonyl (C=O) groups excluding carboxylic acids is 1. The molecule has 2 heterocycles. The van der Waals surface area contributed by atoms with Crippen molar-refractivity contribution in [1.29, 1.82) is 0 Å². The zero-order chi connectivity index (χ0) is 11.9. The molecule has 0 saturated heterocycles. The molecule has 2 rings (SSSR count). The van der Waals surface area contributed by atoms with Crippen LogP contribution in [0.2, 0.25) is 0 Å². The number of fused-ring (bicyclic) bond motifs is 1. The summed E-state index contributed by atoms with van der Waals surface area (Å²) in [4.78, 5) is 18.4. The van der Waals surface area contributed by atoms with Crippen LogP contribution in [0.5, 0.6) is 0 Å². The molecule has 0 unspecified atom stereocenters. The quantitative estimate of drug-likeness (QED) is 0.785. The van der Waals surface area contributed by atoms with Gasteiger partial charge in [0.1, 0.15) is 5.54 Å². The minimum Gasteiger partial charge on any atom is -0.341 e. The summed E-state index contributed by atoms with van der Waals surface area (Å²) in [6.45, 7) is 8.59. The van der Waals surface area contributed by atoms with Crippen molar-refractivity contribution in [2.24, 2.45) is 0 Å². The van der Waals surface area contributed by atoms with Crippen LogP contribution in [-0.2, 0) is 4.79 Å². The van der Waals surface area contributed by atoms with E-state index in [1.807, 2.05) is 44.9 Å². The number of likely N-dealkylation sites (N-methyl/N-ethyl adjacent to an activating group) is 1. The predicted molar refractivity (Wildman–Crippen MR) is 64.7 cm³/mol.